The number of halogens is 1. The van der Waals surface area contributed by atoms with Crippen LogP contribution in [0.15, 0.2) is 54.6 Å². The van der Waals surface area contributed by atoms with Gasteiger partial charge >= 0.3 is 0 Å². The first-order valence-electron chi connectivity index (χ1n) is 10.8. The molecule has 6 heteroatoms. The number of rotatable bonds is 6. The van der Waals surface area contributed by atoms with Crippen LogP contribution in [0.25, 0.3) is 16.7 Å². The first-order chi connectivity index (χ1) is 15.3. The van der Waals surface area contributed by atoms with Crippen molar-refractivity contribution < 1.29 is 4.79 Å². The molecule has 5 nitrogen and oxygen atoms in total. The van der Waals surface area contributed by atoms with Gasteiger partial charge in [0.1, 0.15) is 0 Å². The Morgan fingerprint density at radius 3 is 2.59 bits per heavy atom. The van der Waals surface area contributed by atoms with Crippen LogP contribution >= 0.6 is 11.6 Å². The summed E-state index contributed by atoms with van der Waals surface area (Å²) in [7, 11) is 0. The number of aryl methyl sites for hydroxylation is 3. The normalized spacial score (nSPS) is 12.2. The van der Waals surface area contributed by atoms with E-state index in [4.69, 9.17) is 21.7 Å². The molecular formula is C26H27ClN4O. The third-order valence-electron chi connectivity index (χ3n) is 5.74. The van der Waals surface area contributed by atoms with Crippen molar-refractivity contribution in [2.24, 2.45) is 0 Å². The Hall–Kier alpha value is -3.18. The summed E-state index contributed by atoms with van der Waals surface area (Å²) in [5, 5.41) is 9.31. The lowest BCUT2D eigenvalue weighted by Gasteiger charge is -2.15. The lowest BCUT2D eigenvalue weighted by Crippen LogP contribution is -2.33. The Balaban J connectivity index is 1.65. The van der Waals surface area contributed by atoms with Gasteiger partial charge in [-0.1, -0.05) is 48.0 Å². The molecule has 0 aliphatic rings. The van der Waals surface area contributed by atoms with E-state index in [0.29, 0.717) is 16.2 Å². The summed E-state index contributed by atoms with van der Waals surface area (Å²) in [4.78, 5) is 18.0. The number of carbonyl (C=O) groups excluding carboxylic acids is 1. The van der Waals surface area contributed by atoms with Gasteiger partial charge in [-0.2, -0.15) is 5.10 Å². The molecule has 1 amide bonds. The van der Waals surface area contributed by atoms with E-state index in [1.54, 1.807) is 4.68 Å². The second kappa shape index (κ2) is 9.13. The highest BCUT2D eigenvalue weighted by Gasteiger charge is 2.21. The highest BCUT2D eigenvalue weighted by Crippen LogP contribution is 2.28. The minimum absolute atomic E-state index is 0.0387. The maximum Gasteiger partial charge on any atom is 0.252 e. The molecule has 1 atom stereocenters. The fraction of sp³-hybridized carbons (Fsp3) is 0.269. The molecule has 4 aromatic rings. The van der Waals surface area contributed by atoms with Crippen molar-refractivity contribution >= 4 is 28.5 Å². The number of benzene rings is 2. The second-order valence-electron chi connectivity index (χ2n) is 8.29. The van der Waals surface area contributed by atoms with Gasteiger partial charge in [0, 0.05) is 16.8 Å². The first kappa shape index (κ1) is 22.0. The number of carbonyl (C=O) groups is 1. The van der Waals surface area contributed by atoms with E-state index in [1.807, 2.05) is 70.2 Å². The number of amides is 1. The molecule has 0 radical (unpaired) electrons. The molecule has 0 fully saturated rings. The van der Waals surface area contributed by atoms with Crippen molar-refractivity contribution in [3.05, 3.63) is 87.7 Å². The monoisotopic (exact) mass is 446 g/mol. The van der Waals surface area contributed by atoms with Gasteiger partial charge in [-0.15, -0.1) is 0 Å². The average Bonchev–Trinajstić information content (AvgIpc) is 3.10. The van der Waals surface area contributed by atoms with Crippen LogP contribution in [-0.4, -0.2) is 26.7 Å². The van der Waals surface area contributed by atoms with Gasteiger partial charge < -0.3 is 5.32 Å². The van der Waals surface area contributed by atoms with Gasteiger partial charge in [0.15, 0.2) is 5.65 Å². The largest absolute Gasteiger partial charge is 0.350 e. The van der Waals surface area contributed by atoms with Gasteiger partial charge in [0.05, 0.1) is 22.3 Å². The second-order valence-corrected chi connectivity index (χ2v) is 8.70. The van der Waals surface area contributed by atoms with E-state index in [0.717, 1.165) is 40.9 Å². The fourth-order valence-corrected chi connectivity index (χ4v) is 4.16. The van der Waals surface area contributed by atoms with Crippen molar-refractivity contribution in [3.8, 4) is 5.69 Å². The smallest absolute Gasteiger partial charge is 0.252 e. The average molecular weight is 447 g/mol. The van der Waals surface area contributed by atoms with E-state index in [-0.39, 0.29) is 11.9 Å². The first-order valence-corrected chi connectivity index (χ1v) is 11.2. The summed E-state index contributed by atoms with van der Waals surface area (Å²) in [6.07, 6.45) is 1.78. The standard InChI is InChI=1S/C26H27ClN4O/c1-16(13-14-20-9-6-5-7-10-20)29-26(32)21-15-17(2)28-25-24(21)19(4)30-31(25)23-12-8-11-22(27)18(23)3/h5-12,15-16H,13-14H2,1-4H3,(H,29,32). The molecule has 2 aromatic heterocycles. The Labute approximate surface area is 193 Å². The minimum atomic E-state index is -0.105. The third kappa shape index (κ3) is 4.39. The van der Waals surface area contributed by atoms with E-state index in [1.165, 1.54) is 5.56 Å². The number of hydrogen-bond acceptors (Lipinski definition) is 3. The quantitative estimate of drug-likeness (QED) is 0.410. The summed E-state index contributed by atoms with van der Waals surface area (Å²) >= 11 is 6.34. The van der Waals surface area contributed by atoms with Gasteiger partial charge in [-0.05, 0) is 69.9 Å². The summed E-state index contributed by atoms with van der Waals surface area (Å²) in [5.41, 5.74) is 5.83. The van der Waals surface area contributed by atoms with Crippen LogP contribution in [0.5, 0.6) is 0 Å². The fourth-order valence-electron chi connectivity index (χ4n) is 3.99. The highest BCUT2D eigenvalue weighted by molar-refractivity contribution is 6.31. The molecule has 0 bridgehead atoms. The van der Waals surface area contributed by atoms with Gasteiger partial charge in [-0.25, -0.2) is 9.67 Å². The van der Waals surface area contributed by atoms with Gasteiger partial charge in [0.2, 0.25) is 0 Å². The van der Waals surface area contributed by atoms with Crippen LogP contribution in [0.4, 0.5) is 0 Å². The molecule has 1 unspecified atom stereocenters. The van der Waals surface area contributed by atoms with Crippen molar-refractivity contribution in [1.82, 2.24) is 20.1 Å². The van der Waals surface area contributed by atoms with E-state index in [2.05, 4.69) is 17.4 Å². The van der Waals surface area contributed by atoms with Crippen molar-refractivity contribution in [3.63, 3.8) is 0 Å². The topological polar surface area (TPSA) is 59.8 Å². The van der Waals surface area contributed by atoms with Crippen molar-refractivity contribution in [2.45, 2.75) is 46.6 Å². The number of aromatic nitrogens is 3. The van der Waals surface area contributed by atoms with Crippen LogP contribution in [0.1, 0.15) is 46.2 Å². The molecule has 2 aromatic carbocycles. The van der Waals surface area contributed by atoms with E-state index in [9.17, 15) is 4.79 Å². The minimum Gasteiger partial charge on any atom is -0.350 e. The molecule has 0 saturated carbocycles. The molecule has 0 aliphatic carbocycles. The van der Waals surface area contributed by atoms with Crippen LogP contribution in [0, 0.1) is 20.8 Å². The Morgan fingerprint density at radius 1 is 1.09 bits per heavy atom. The lowest BCUT2D eigenvalue weighted by atomic mass is 10.0. The zero-order valence-corrected chi connectivity index (χ0v) is 19.6. The zero-order valence-electron chi connectivity index (χ0n) is 18.8. The van der Waals surface area contributed by atoms with Crippen LogP contribution < -0.4 is 5.32 Å². The van der Waals surface area contributed by atoms with Crippen molar-refractivity contribution in [2.75, 3.05) is 0 Å². The van der Waals surface area contributed by atoms with E-state index >= 15 is 0 Å². The summed E-state index contributed by atoms with van der Waals surface area (Å²) in [5.74, 6) is -0.105. The number of nitrogens with zero attached hydrogens (tertiary/aromatic N) is 3. The zero-order chi connectivity index (χ0) is 22.8. The molecule has 2 heterocycles. The predicted octanol–water partition coefficient (Wildman–Crippen LogP) is 5.75. The molecule has 0 saturated heterocycles. The highest BCUT2D eigenvalue weighted by atomic mass is 35.5. The third-order valence-corrected chi connectivity index (χ3v) is 6.15. The summed E-state index contributed by atoms with van der Waals surface area (Å²) in [6.45, 7) is 7.80. The molecule has 4 rings (SSSR count). The lowest BCUT2D eigenvalue weighted by molar-refractivity contribution is 0.0940. The molecule has 32 heavy (non-hydrogen) atoms. The van der Waals surface area contributed by atoms with Gasteiger partial charge in [0.25, 0.3) is 5.91 Å². The van der Waals surface area contributed by atoms with Crippen LogP contribution in [0.2, 0.25) is 5.02 Å². The Kier molecular flexibility index (Phi) is 6.28. The van der Waals surface area contributed by atoms with Gasteiger partial charge in [-0.3, -0.25) is 4.79 Å². The molecular weight excluding hydrogens is 420 g/mol. The number of hydrogen-bond donors (Lipinski definition) is 1. The maximum atomic E-state index is 13.3. The summed E-state index contributed by atoms with van der Waals surface area (Å²) < 4.78 is 1.79. The Morgan fingerprint density at radius 2 is 1.84 bits per heavy atom. The maximum absolute atomic E-state index is 13.3. The van der Waals surface area contributed by atoms with Crippen molar-refractivity contribution in [1.29, 1.82) is 0 Å². The van der Waals surface area contributed by atoms with Crippen LogP contribution in [0.3, 0.4) is 0 Å². The number of pyridine rings is 1. The van der Waals surface area contributed by atoms with E-state index < -0.39 is 0 Å². The van der Waals surface area contributed by atoms with Crippen LogP contribution in [-0.2, 0) is 6.42 Å². The number of nitrogens with one attached hydrogen (secondary N) is 1. The molecule has 0 spiro atoms. The molecule has 0 aliphatic heterocycles. The molecule has 164 valence electrons. The Bertz CT molecular complexity index is 1280. The summed E-state index contributed by atoms with van der Waals surface area (Å²) in [6, 6.07) is 17.9. The number of fused-ring (bicyclic) bond motifs is 1. The molecule has 1 N–H and O–H groups in total. The SMILES string of the molecule is Cc1cc(C(=O)NC(C)CCc2ccccc2)c2c(C)nn(-c3cccc(Cl)c3C)c2n1. The predicted molar refractivity (Wildman–Crippen MR) is 130 cm³/mol.